The molecule has 0 spiro atoms. The van der Waals surface area contributed by atoms with Crippen LogP contribution in [0.3, 0.4) is 0 Å². The van der Waals surface area contributed by atoms with Gasteiger partial charge in [0.25, 0.3) is 0 Å². The van der Waals surface area contributed by atoms with Gasteiger partial charge in [-0.3, -0.25) is 0 Å². The summed E-state index contributed by atoms with van der Waals surface area (Å²) in [5, 5.41) is 13.0. The highest BCUT2D eigenvalue weighted by Crippen LogP contribution is 2.26. The Balaban J connectivity index is 2.03. The topological polar surface area (TPSA) is 60.2 Å². The van der Waals surface area contributed by atoms with Gasteiger partial charge in [-0.25, -0.2) is 9.67 Å². The summed E-state index contributed by atoms with van der Waals surface area (Å²) < 4.78 is 7.23. The van der Waals surface area contributed by atoms with Crippen LogP contribution in [0.5, 0.6) is 0 Å². The minimum Gasteiger partial charge on any atom is -0.394 e. The van der Waals surface area contributed by atoms with Crippen LogP contribution in [0.15, 0.2) is 6.33 Å². The van der Waals surface area contributed by atoms with Crippen LogP contribution in [-0.4, -0.2) is 32.6 Å². The molecule has 1 N–H and O–H groups in total. The maximum atomic E-state index is 8.87. The van der Waals surface area contributed by atoms with E-state index in [1.807, 2.05) is 6.92 Å². The van der Waals surface area contributed by atoms with Gasteiger partial charge in [-0.05, 0) is 19.8 Å². The molecule has 72 valence electrons. The van der Waals surface area contributed by atoms with Crippen molar-refractivity contribution >= 4 is 0 Å². The van der Waals surface area contributed by atoms with E-state index in [0.717, 1.165) is 18.7 Å². The molecule has 1 aromatic rings. The molecule has 0 aliphatic carbocycles. The molecule has 0 saturated carbocycles. The molecule has 5 heteroatoms. The number of ether oxygens (including phenoxy) is 1. The van der Waals surface area contributed by atoms with Gasteiger partial charge in [0.2, 0.25) is 0 Å². The molecule has 1 saturated heterocycles. The van der Waals surface area contributed by atoms with Crippen LogP contribution in [-0.2, 0) is 4.74 Å². The van der Waals surface area contributed by atoms with E-state index in [9.17, 15) is 0 Å². The molecule has 1 aliphatic rings. The molecule has 0 unspecified atom stereocenters. The van der Waals surface area contributed by atoms with Crippen molar-refractivity contribution in [3.63, 3.8) is 0 Å². The van der Waals surface area contributed by atoms with Crippen molar-refractivity contribution in [2.75, 3.05) is 6.61 Å². The van der Waals surface area contributed by atoms with Crippen LogP contribution >= 0.6 is 0 Å². The summed E-state index contributed by atoms with van der Waals surface area (Å²) >= 11 is 0. The monoisotopic (exact) mass is 183 g/mol. The fourth-order valence-corrected chi connectivity index (χ4v) is 1.52. The highest BCUT2D eigenvalue weighted by Gasteiger charge is 2.26. The molecule has 1 fully saturated rings. The van der Waals surface area contributed by atoms with E-state index in [1.54, 1.807) is 11.0 Å². The van der Waals surface area contributed by atoms with Gasteiger partial charge in [0, 0.05) is 0 Å². The number of aromatic nitrogens is 3. The summed E-state index contributed by atoms with van der Waals surface area (Å²) in [5.41, 5.74) is 0. The third-order valence-electron chi connectivity index (χ3n) is 2.21. The summed E-state index contributed by atoms with van der Waals surface area (Å²) in [6, 6.07) is 0. The molecular formula is C8H13N3O2. The van der Waals surface area contributed by atoms with E-state index >= 15 is 0 Å². The Bertz CT molecular complexity index is 287. The van der Waals surface area contributed by atoms with Crippen LogP contribution in [0.4, 0.5) is 0 Å². The number of hydrogen-bond acceptors (Lipinski definition) is 4. The molecule has 0 amide bonds. The first-order chi connectivity index (χ1) is 6.29. The molecule has 1 aliphatic heterocycles. The summed E-state index contributed by atoms with van der Waals surface area (Å²) in [5.74, 6) is 0.746. The third-order valence-corrected chi connectivity index (χ3v) is 2.21. The van der Waals surface area contributed by atoms with Crippen LogP contribution in [0.25, 0.3) is 0 Å². The van der Waals surface area contributed by atoms with Gasteiger partial charge >= 0.3 is 0 Å². The largest absolute Gasteiger partial charge is 0.394 e. The second kappa shape index (κ2) is 3.43. The lowest BCUT2D eigenvalue weighted by Crippen LogP contribution is -2.14. The Labute approximate surface area is 76.3 Å². The first kappa shape index (κ1) is 8.65. The molecule has 0 aromatic carbocycles. The molecule has 2 rings (SSSR count). The smallest absolute Gasteiger partial charge is 0.152 e. The number of hydrogen-bond donors (Lipinski definition) is 1. The molecule has 13 heavy (non-hydrogen) atoms. The standard InChI is InChI=1S/C8H13N3O2/c1-6-9-5-11(10-6)8-3-2-7(4-12)13-8/h5,7-8,12H,2-4H2,1H3/t7-,8+/m0/s1. The Morgan fingerprint density at radius 3 is 3.08 bits per heavy atom. The lowest BCUT2D eigenvalue weighted by Gasteiger charge is -2.11. The van der Waals surface area contributed by atoms with E-state index in [1.165, 1.54) is 0 Å². The van der Waals surface area contributed by atoms with Gasteiger partial charge in [-0.1, -0.05) is 0 Å². The maximum Gasteiger partial charge on any atom is 0.152 e. The van der Waals surface area contributed by atoms with Crippen molar-refractivity contribution in [3.8, 4) is 0 Å². The minimum absolute atomic E-state index is 0.0329. The van der Waals surface area contributed by atoms with Crippen molar-refractivity contribution in [1.82, 2.24) is 14.8 Å². The zero-order chi connectivity index (χ0) is 9.26. The highest BCUT2D eigenvalue weighted by molar-refractivity contribution is 4.79. The Hall–Kier alpha value is -0.940. The van der Waals surface area contributed by atoms with Gasteiger partial charge in [0.15, 0.2) is 6.23 Å². The van der Waals surface area contributed by atoms with E-state index in [0.29, 0.717) is 0 Å². The fourth-order valence-electron chi connectivity index (χ4n) is 1.52. The first-order valence-corrected chi connectivity index (χ1v) is 4.43. The predicted octanol–water partition coefficient (Wildman–Crippen LogP) is 0.256. The second-order valence-electron chi connectivity index (χ2n) is 3.24. The zero-order valence-corrected chi connectivity index (χ0v) is 7.55. The fraction of sp³-hybridized carbons (Fsp3) is 0.750. The molecule has 1 aromatic heterocycles. The highest BCUT2D eigenvalue weighted by atomic mass is 16.5. The number of aliphatic hydroxyl groups excluding tert-OH is 1. The predicted molar refractivity (Wildman–Crippen MR) is 45.0 cm³/mol. The second-order valence-corrected chi connectivity index (χ2v) is 3.24. The third kappa shape index (κ3) is 1.71. The van der Waals surface area contributed by atoms with Gasteiger partial charge in [0.1, 0.15) is 12.2 Å². The number of nitrogens with zero attached hydrogens (tertiary/aromatic N) is 3. The summed E-state index contributed by atoms with van der Waals surface area (Å²) in [7, 11) is 0. The molecule has 2 heterocycles. The van der Waals surface area contributed by atoms with Gasteiger partial charge in [-0.2, -0.15) is 5.10 Å². The summed E-state index contributed by atoms with van der Waals surface area (Å²) in [6.07, 6.45) is 3.38. The van der Waals surface area contributed by atoms with Crippen molar-refractivity contribution < 1.29 is 9.84 Å². The van der Waals surface area contributed by atoms with Gasteiger partial charge in [-0.15, -0.1) is 0 Å². The van der Waals surface area contributed by atoms with Gasteiger partial charge in [0.05, 0.1) is 12.7 Å². The lowest BCUT2D eigenvalue weighted by atomic mass is 10.2. The van der Waals surface area contributed by atoms with E-state index in [2.05, 4.69) is 10.1 Å². The first-order valence-electron chi connectivity index (χ1n) is 4.43. The van der Waals surface area contributed by atoms with Crippen LogP contribution < -0.4 is 0 Å². The molecule has 0 bridgehead atoms. The van der Waals surface area contributed by atoms with E-state index in [-0.39, 0.29) is 18.9 Å². The molecule has 2 atom stereocenters. The van der Waals surface area contributed by atoms with Crippen molar-refractivity contribution in [2.24, 2.45) is 0 Å². The molecule has 5 nitrogen and oxygen atoms in total. The van der Waals surface area contributed by atoms with Crippen molar-refractivity contribution in [1.29, 1.82) is 0 Å². The Morgan fingerprint density at radius 2 is 2.54 bits per heavy atom. The lowest BCUT2D eigenvalue weighted by molar-refractivity contribution is -0.0284. The summed E-state index contributed by atoms with van der Waals surface area (Å²) in [4.78, 5) is 4.02. The van der Waals surface area contributed by atoms with E-state index < -0.39 is 0 Å². The quantitative estimate of drug-likeness (QED) is 0.714. The average molecular weight is 183 g/mol. The summed E-state index contributed by atoms with van der Waals surface area (Å²) in [6.45, 7) is 1.93. The molecule has 0 radical (unpaired) electrons. The number of aliphatic hydroxyl groups is 1. The van der Waals surface area contributed by atoms with Crippen LogP contribution in [0, 0.1) is 6.92 Å². The number of rotatable bonds is 2. The average Bonchev–Trinajstić information content (AvgIpc) is 2.71. The van der Waals surface area contributed by atoms with Crippen LogP contribution in [0.2, 0.25) is 0 Å². The van der Waals surface area contributed by atoms with Crippen molar-refractivity contribution in [3.05, 3.63) is 12.2 Å². The van der Waals surface area contributed by atoms with Gasteiger partial charge < -0.3 is 9.84 Å². The van der Waals surface area contributed by atoms with Crippen molar-refractivity contribution in [2.45, 2.75) is 32.1 Å². The van der Waals surface area contributed by atoms with E-state index in [4.69, 9.17) is 9.84 Å². The SMILES string of the molecule is Cc1ncn([C@H]2CC[C@@H](CO)O2)n1. The number of aryl methyl sites for hydroxylation is 1. The zero-order valence-electron chi connectivity index (χ0n) is 7.55. The van der Waals surface area contributed by atoms with Crippen LogP contribution in [0.1, 0.15) is 24.9 Å². The Kier molecular flexibility index (Phi) is 2.28. The normalized spacial score (nSPS) is 28.2. The maximum absolute atomic E-state index is 8.87. The minimum atomic E-state index is -0.0432. The Morgan fingerprint density at radius 1 is 1.69 bits per heavy atom. The molecular weight excluding hydrogens is 170 g/mol.